The van der Waals surface area contributed by atoms with E-state index >= 15 is 0 Å². The molecule has 4 rings (SSSR count). The van der Waals surface area contributed by atoms with Gasteiger partial charge >= 0.3 is 11.9 Å². The molecule has 0 aliphatic heterocycles. The minimum atomic E-state index is -1.01. The summed E-state index contributed by atoms with van der Waals surface area (Å²) in [6.07, 6.45) is 0. The Morgan fingerprint density at radius 3 is 1.19 bits per heavy atom. The molecular formula is C30H22O6. The van der Waals surface area contributed by atoms with Crippen molar-refractivity contribution in [1.29, 1.82) is 0 Å². The van der Waals surface area contributed by atoms with Crippen molar-refractivity contribution in [2.24, 2.45) is 0 Å². The van der Waals surface area contributed by atoms with Crippen LogP contribution >= 0.6 is 0 Å². The SMILES string of the molecule is Cc1cccc(C(=O)c2ccccc2C(=O)OOC(=O)c2ccccc2C(=O)c2cccc(C)c2)c1. The second kappa shape index (κ2) is 10.6. The van der Waals surface area contributed by atoms with Crippen LogP contribution < -0.4 is 0 Å². The van der Waals surface area contributed by atoms with Crippen LogP contribution in [0.1, 0.15) is 63.7 Å². The van der Waals surface area contributed by atoms with Crippen molar-refractivity contribution in [3.63, 3.8) is 0 Å². The molecule has 6 nitrogen and oxygen atoms in total. The monoisotopic (exact) mass is 478 g/mol. The summed E-state index contributed by atoms with van der Waals surface area (Å²) in [5.41, 5.74) is 2.73. The molecule has 178 valence electrons. The highest BCUT2D eigenvalue weighted by Gasteiger charge is 2.24. The molecule has 0 bridgehead atoms. The molecule has 0 heterocycles. The minimum absolute atomic E-state index is 0.0547. The highest BCUT2D eigenvalue weighted by Crippen LogP contribution is 2.19. The fourth-order valence-electron chi connectivity index (χ4n) is 3.77. The molecule has 0 atom stereocenters. The second-order valence-corrected chi connectivity index (χ2v) is 8.23. The summed E-state index contributed by atoms with van der Waals surface area (Å²) in [5, 5.41) is 0. The Balaban J connectivity index is 1.53. The Labute approximate surface area is 208 Å². The predicted molar refractivity (Wildman–Crippen MR) is 133 cm³/mol. The van der Waals surface area contributed by atoms with E-state index in [4.69, 9.17) is 9.78 Å². The van der Waals surface area contributed by atoms with Gasteiger partial charge in [0.15, 0.2) is 11.6 Å². The molecule has 4 aromatic carbocycles. The van der Waals surface area contributed by atoms with E-state index in [-0.39, 0.29) is 33.8 Å². The van der Waals surface area contributed by atoms with E-state index in [9.17, 15) is 19.2 Å². The summed E-state index contributed by atoms with van der Waals surface area (Å²) in [7, 11) is 0. The Morgan fingerprint density at radius 1 is 0.472 bits per heavy atom. The van der Waals surface area contributed by atoms with E-state index in [0.717, 1.165) is 11.1 Å². The number of carbonyl (C=O) groups is 4. The van der Waals surface area contributed by atoms with Crippen LogP contribution in [-0.4, -0.2) is 23.5 Å². The summed E-state index contributed by atoms with van der Waals surface area (Å²) in [4.78, 5) is 61.1. The third-order valence-electron chi connectivity index (χ3n) is 5.54. The zero-order valence-corrected chi connectivity index (χ0v) is 19.7. The van der Waals surface area contributed by atoms with Gasteiger partial charge in [-0.15, -0.1) is 0 Å². The van der Waals surface area contributed by atoms with Gasteiger partial charge in [0.1, 0.15) is 0 Å². The molecule has 0 aromatic heterocycles. The molecule has 0 saturated heterocycles. The molecular weight excluding hydrogens is 456 g/mol. The molecule has 0 saturated carbocycles. The summed E-state index contributed by atoms with van der Waals surface area (Å²) >= 11 is 0. The van der Waals surface area contributed by atoms with Gasteiger partial charge in [0.05, 0.1) is 11.1 Å². The highest BCUT2D eigenvalue weighted by atomic mass is 17.2. The van der Waals surface area contributed by atoms with Crippen LogP contribution in [0.3, 0.4) is 0 Å². The van der Waals surface area contributed by atoms with E-state index in [1.165, 1.54) is 24.3 Å². The first kappa shape index (κ1) is 24.3. The van der Waals surface area contributed by atoms with Crippen molar-refractivity contribution < 1.29 is 29.0 Å². The maximum Gasteiger partial charge on any atom is 0.387 e. The van der Waals surface area contributed by atoms with Gasteiger partial charge in [-0.3, -0.25) is 9.59 Å². The van der Waals surface area contributed by atoms with Gasteiger partial charge in [-0.05, 0) is 38.1 Å². The van der Waals surface area contributed by atoms with Crippen molar-refractivity contribution in [2.45, 2.75) is 13.8 Å². The van der Waals surface area contributed by atoms with Crippen molar-refractivity contribution in [3.8, 4) is 0 Å². The lowest BCUT2D eigenvalue weighted by Gasteiger charge is -2.10. The molecule has 0 amide bonds. The lowest BCUT2D eigenvalue weighted by Crippen LogP contribution is -2.17. The smallest absolute Gasteiger partial charge is 0.289 e. The Hall–Kier alpha value is -4.84. The predicted octanol–water partition coefficient (Wildman–Crippen LogP) is 5.69. The minimum Gasteiger partial charge on any atom is -0.289 e. The number of rotatable bonds is 6. The maximum atomic E-state index is 13.0. The molecule has 0 radical (unpaired) electrons. The fraction of sp³-hybridized carbons (Fsp3) is 0.0667. The molecule has 0 fully saturated rings. The number of hydrogen-bond donors (Lipinski definition) is 0. The first-order valence-corrected chi connectivity index (χ1v) is 11.2. The summed E-state index contributed by atoms with van der Waals surface area (Å²) in [6.45, 7) is 3.72. The van der Waals surface area contributed by atoms with Crippen LogP contribution in [0.5, 0.6) is 0 Å². The highest BCUT2D eigenvalue weighted by molar-refractivity contribution is 6.15. The lowest BCUT2D eigenvalue weighted by molar-refractivity contribution is -0.187. The van der Waals surface area contributed by atoms with Gasteiger partial charge in [-0.1, -0.05) is 83.9 Å². The van der Waals surface area contributed by atoms with Gasteiger partial charge in [-0.2, -0.15) is 0 Å². The first-order chi connectivity index (χ1) is 17.3. The Bertz CT molecular complexity index is 1370. The van der Waals surface area contributed by atoms with E-state index in [2.05, 4.69) is 0 Å². The van der Waals surface area contributed by atoms with Crippen LogP contribution in [0, 0.1) is 13.8 Å². The number of aryl methyl sites for hydroxylation is 2. The van der Waals surface area contributed by atoms with Crippen LogP contribution in [0.2, 0.25) is 0 Å². The number of hydrogen-bond acceptors (Lipinski definition) is 6. The van der Waals surface area contributed by atoms with Gasteiger partial charge in [0, 0.05) is 22.3 Å². The van der Waals surface area contributed by atoms with Gasteiger partial charge in [0.25, 0.3) is 0 Å². The summed E-state index contributed by atoms with van der Waals surface area (Å²) in [5.74, 6) is -2.76. The second-order valence-electron chi connectivity index (χ2n) is 8.23. The third kappa shape index (κ3) is 5.28. The number of benzene rings is 4. The molecule has 36 heavy (non-hydrogen) atoms. The van der Waals surface area contributed by atoms with Gasteiger partial charge in [-0.25, -0.2) is 19.4 Å². The quantitative estimate of drug-likeness (QED) is 0.201. The van der Waals surface area contributed by atoms with Crippen molar-refractivity contribution >= 4 is 23.5 Å². The standard InChI is InChI=1S/C30H22O6/c1-19-9-7-11-21(17-19)27(31)23-13-3-5-15-25(23)29(33)35-36-30(34)26-16-6-4-14-24(26)28(32)22-12-8-10-20(2)18-22/h3-18H,1-2H3. The average molecular weight is 479 g/mol. The molecule has 0 unspecified atom stereocenters. The normalized spacial score (nSPS) is 10.4. The Morgan fingerprint density at radius 2 is 0.833 bits per heavy atom. The van der Waals surface area contributed by atoms with Crippen molar-refractivity contribution in [1.82, 2.24) is 0 Å². The fourth-order valence-corrected chi connectivity index (χ4v) is 3.77. The zero-order chi connectivity index (χ0) is 25.7. The molecule has 0 N–H and O–H groups in total. The Kier molecular flexibility index (Phi) is 7.16. The number of carbonyl (C=O) groups excluding carboxylic acids is 4. The lowest BCUT2D eigenvalue weighted by atomic mass is 9.97. The van der Waals surface area contributed by atoms with Gasteiger partial charge < -0.3 is 0 Å². The van der Waals surface area contributed by atoms with E-state index in [1.807, 2.05) is 26.0 Å². The average Bonchev–Trinajstić information content (AvgIpc) is 2.90. The van der Waals surface area contributed by atoms with E-state index in [0.29, 0.717) is 11.1 Å². The first-order valence-electron chi connectivity index (χ1n) is 11.2. The summed E-state index contributed by atoms with van der Waals surface area (Å²) in [6, 6.07) is 26.2. The summed E-state index contributed by atoms with van der Waals surface area (Å²) < 4.78 is 0. The van der Waals surface area contributed by atoms with Gasteiger partial charge in [0.2, 0.25) is 0 Å². The number of ketones is 2. The third-order valence-corrected chi connectivity index (χ3v) is 5.54. The molecule has 6 heteroatoms. The van der Waals surface area contributed by atoms with E-state index < -0.39 is 11.9 Å². The van der Waals surface area contributed by atoms with Crippen molar-refractivity contribution in [3.05, 3.63) is 142 Å². The maximum absolute atomic E-state index is 13.0. The molecule has 0 aliphatic rings. The molecule has 0 spiro atoms. The largest absolute Gasteiger partial charge is 0.387 e. The van der Waals surface area contributed by atoms with Crippen LogP contribution in [0.15, 0.2) is 97.1 Å². The van der Waals surface area contributed by atoms with E-state index in [1.54, 1.807) is 60.7 Å². The van der Waals surface area contributed by atoms with Crippen LogP contribution in [0.25, 0.3) is 0 Å². The zero-order valence-electron chi connectivity index (χ0n) is 19.7. The molecule has 0 aliphatic carbocycles. The van der Waals surface area contributed by atoms with Crippen LogP contribution in [0.4, 0.5) is 0 Å². The topological polar surface area (TPSA) is 86.7 Å². The van der Waals surface area contributed by atoms with Crippen molar-refractivity contribution in [2.75, 3.05) is 0 Å². The van der Waals surface area contributed by atoms with Crippen LogP contribution in [-0.2, 0) is 9.78 Å². The molecule has 4 aromatic rings.